The molecule has 2 aromatic rings. The summed E-state index contributed by atoms with van der Waals surface area (Å²) in [6.07, 6.45) is 1.05. The van der Waals surface area contributed by atoms with E-state index < -0.39 is 0 Å². The number of hydrogen-bond donors (Lipinski definition) is 2. The van der Waals surface area contributed by atoms with Crippen molar-refractivity contribution >= 4 is 33.1 Å². The van der Waals surface area contributed by atoms with Crippen LogP contribution in [0.15, 0.2) is 52.1 Å². The molecule has 0 fully saturated rings. The maximum absolute atomic E-state index is 8.76. The Bertz CT molecular complexity index is 685. The molecule has 3 N–H and O–H groups in total. The molecular weight excluding hydrogens is 318 g/mol. The van der Waals surface area contributed by atoms with Crippen molar-refractivity contribution in [3.05, 3.63) is 58.1 Å². The van der Waals surface area contributed by atoms with E-state index in [-0.39, 0.29) is 5.84 Å². The summed E-state index contributed by atoms with van der Waals surface area (Å²) in [5.74, 6) is 0.102. The van der Waals surface area contributed by atoms with Crippen LogP contribution < -0.4 is 10.6 Å². The molecule has 0 bridgehead atoms. The molecule has 5 heteroatoms. The third-order valence-corrected chi connectivity index (χ3v) is 4.19. The van der Waals surface area contributed by atoms with E-state index in [2.05, 4.69) is 50.3 Å². The molecule has 0 saturated carbocycles. The second-order valence-electron chi connectivity index (χ2n) is 4.68. The van der Waals surface area contributed by atoms with Crippen molar-refractivity contribution in [1.82, 2.24) is 0 Å². The maximum atomic E-state index is 8.76. The predicted octanol–water partition coefficient (Wildman–Crippen LogP) is 3.24. The van der Waals surface area contributed by atoms with Gasteiger partial charge in [-0.1, -0.05) is 23.4 Å². The Kier molecular flexibility index (Phi) is 3.36. The minimum Gasteiger partial charge on any atom is -0.409 e. The fourth-order valence-corrected chi connectivity index (χ4v) is 3.11. The molecule has 0 aromatic heterocycles. The highest BCUT2D eigenvalue weighted by Crippen LogP contribution is 2.35. The van der Waals surface area contributed by atoms with Gasteiger partial charge in [-0.15, -0.1) is 0 Å². The van der Waals surface area contributed by atoms with Crippen LogP contribution in [0.2, 0.25) is 0 Å². The molecule has 4 nitrogen and oxygen atoms in total. The van der Waals surface area contributed by atoms with E-state index in [9.17, 15) is 0 Å². The smallest absolute Gasteiger partial charge is 0.171 e. The molecule has 3 rings (SSSR count). The average Bonchev–Trinajstić information content (AvgIpc) is 2.90. The fourth-order valence-electron chi connectivity index (χ4n) is 2.54. The molecule has 1 heterocycles. The van der Waals surface area contributed by atoms with Crippen molar-refractivity contribution in [2.75, 3.05) is 11.4 Å². The van der Waals surface area contributed by atoms with E-state index in [1.54, 1.807) is 0 Å². The summed E-state index contributed by atoms with van der Waals surface area (Å²) in [7, 11) is 0. The van der Waals surface area contributed by atoms with Crippen LogP contribution in [0.5, 0.6) is 0 Å². The highest BCUT2D eigenvalue weighted by atomic mass is 79.9. The number of oxime groups is 1. The lowest BCUT2D eigenvalue weighted by atomic mass is 10.1. The SMILES string of the molecule is N/C(=N/O)c1ccc(N2CCc3ccccc32)cc1Br. The highest BCUT2D eigenvalue weighted by molar-refractivity contribution is 9.10. The number of hydrogen-bond acceptors (Lipinski definition) is 3. The summed E-state index contributed by atoms with van der Waals surface area (Å²) in [5, 5.41) is 11.8. The van der Waals surface area contributed by atoms with Crippen LogP contribution in [-0.2, 0) is 6.42 Å². The van der Waals surface area contributed by atoms with Gasteiger partial charge in [-0.05, 0) is 52.2 Å². The Labute approximate surface area is 125 Å². The van der Waals surface area contributed by atoms with Crippen molar-refractivity contribution in [3.8, 4) is 0 Å². The van der Waals surface area contributed by atoms with Gasteiger partial charge >= 0.3 is 0 Å². The van der Waals surface area contributed by atoms with E-state index in [4.69, 9.17) is 10.9 Å². The van der Waals surface area contributed by atoms with E-state index >= 15 is 0 Å². The summed E-state index contributed by atoms with van der Waals surface area (Å²) in [6.45, 7) is 0.967. The number of nitrogens with zero attached hydrogens (tertiary/aromatic N) is 2. The Morgan fingerprint density at radius 2 is 2.05 bits per heavy atom. The van der Waals surface area contributed by atoms with E-state index in [1.807, 2.05) is 18.2 Å². The first-order valence-corrected chi connectivity index (χ1v) is 7.13. The normalized spacial score (nSPS) is 14.4. The number of anilines is 2. The lowest BCUT2D eigenvalue weighted by molar-refractivity contribution is 0.318. The number of fused-ring (bicyclic) bond motifs is 1. The van der Waals surface area contributed by atoms with Gasteiger partial charge in [-0.25, -0.2) is 0 Å². The first-order chi connectivity index (χ1) is 9.70. The van der Waals surface area contributed by atoms with Gasteiger partial charge in [0.15, 0.2) is 5.84 Å². The number of amidine groups is 1. The second kappa shape index (κ2) is 5.17. The summed E-state index contributed by atoms with van der Waals surface area (Å²) >= 11 is 3.48. The zero-order chi connectivity index (χ0) is 14.1. The molecule has 20 heavy (non-hydrogen) atoms. The fraction of sp³-hybridized carbons (Fsp3) is 0.133. The molecule has 1 aliphatic heterocycles. The van der Waals surface area contributed by atoms with Gasteiger partial charge < -0.3 is 15.8 Å². The maximum Gasteiger partial charge on any atom is 0.171 e. The monoisotopic (exact) mass is 331 g/mol. The molecule has 0 radical (unpaired) electrons. The zero-order valence-electron chi connectivity index (χ0n) is 10.8. The second-order valence-corrected chi connectivity index (χ2v) is 5.53. The van der Waals surface area contributed by atoms with Gasteiger partial charge in [-0.3, -0.25) is 0 Å². The summed E-state index contributed by atoms with van der Waals surface area (Å²) in [4.78, 5) is 2.27. The third kappa shape index (κ3) is 2.14. The van der Waals surface area contributed by atoms with Crippen LogP contribution >= 0.6 is 15.9 Å². The number of nitrogens with two attached hydrogens (primary N) is 1. The molecule has 0 saturated heterocycles. The van der Waals surface area contributed by atoms with E-state index in [1.165, 1.54) is 11.3 Å². The Balaban J connectivity index is 1.99. The van der Waals surface area contributed by atoms with Crippen LogP contribution in [0.3, 0.4) is 0 Å². The predicted molar refractivity (Wildman–Crippen MR) is 83.8 cm³/mol. The summed E-state index contributed by atoms with van der Waals surface area (Å²) in [5.41, 5.74) is 10.0. The van der Waals surface area contributed by atoms with Gasteiger partial charge in [0.1, 0.15) is 0 Å². The first-order valence-electron chi connectivity index (χ1n) is 6.33. The van der Waals surface area contributed by atoms with Crippen molar-refractivity contribution in [3.63, 3.8) is 0 Å². The number of halogens is 1. The van der Waals surface area contributed by atoms with Crippen LogP contribution in [0.4, 0.5) is 11.4 Å². The van der Waals surface area contributed by atoms with Crippen molar-refractivity contribution in [2.24, 2.45) is 10.9 Å². The number of para-hydroxylation sites is 1. The molecule has 1 aliphatic rings. The molecular formula is C15H14BrN3O. The standard InChI is InChI=1S/C15H14BrN3O/c16-13-9-11(5-6-12(13)15(17)18-20)19-8-7-10-3-1-2-4-14(10)19/h1-6,9,20H,7-8H2,(H2,17,18). The van der Waals surface area contributed by atoms with Crippen LogP contribution in [0, 0.1) is 0 Å². The molecule has 0 aliphatic carbocycles. The Hall–Kier alpha value is -2.01. The number of benzene rings is 2. The number of rotatable bonds is 2. The Morgan fingerprint density at radius 1 is 1.25 bits per heavy atom. The largest absolute Gasteiger partial charge is 0.409 e. The lowest BCUT2D eigenvalue weighted by Gasteiger charge is -2.20. The Morgan fingerprint density at radius 3 is 2.80 bits per heavy atom. The van der Waals surface area contributed by atoms with E-state index in [0.29, 0.717) is 5.56 Å². The molecule has 0 spiro atoms. The molecule has 0 unspecified atom stereocenters. The topological polar surface area (TPSA) is 61.9 Å². The zero-order valence-corrected chi connectivity index (χ0v) is 12.3. The third-order valence-electron chi connectivity index (χ3n) is 3.54. The average molecular weight is 332 g/mol. The van der Waals surface area contributed by atoms with Crippen LogP contribution in [-0.4, -0.2) is 17.6 Å². The van der Waals surface area contributed by atoms with Crippen molar-refractivity contribution in [1.29, 1.82) is 0 Å². The van der Waals surface area contributed by atoms with Gasteiger partial charge in [0.05, 0.1) is 0 Å². The summed E-state index contributed by atoms with van der Waals surface area (Å²) < 4.78 is 0.815. The van der Waals surface area contributed by atoms with Crippen LogP contribution in [0.1, 0.15) is 11.1 Å². The van der Waals surface area contributed by atoms with Crippen LogP contribution in [0.25, 0.3) is 0 Å². The highest BCUT2D eigenvalue weighted by Gasteiger charge is 2.20. The molecule has 0 atom stereocenters. The molecule has 102 valence electrons. The lowest BCUT2D eigenvalue weighted by Crippen LogP contribution is -2.16. The minimum atomic E-state index is 0.102. The minimum absolute atomic E-state index is 0.102. The van der Waals surface area contributed by atoms with Crippen molar-refractivity contribution in [2.45, 2.75) is 6.42 Å². The van der Waals surface area contributed by atoms with Crippen molar-refractivity contribution < 1.29 is 5.21 Å². The quantitative estimate of drug-likeness (QED) is 0.384. The molecule has 2 aromatic carbocycles. The van der Waals surface area contributed by atoms with Gasteiger partial charge in [0.25, 0.3) is 0 Å². The van der Waals surface area contributed by atoms with Gasteiger partial charge in [0.2, 0.25) is 0 Å². The van der Waals surface area contributed by atoms with E-state index in [0.717, 1.165) is 23.1 Å². The molecule has 0 amide bonds. The summed E-state index contributed by atoms with van der Waals surface area (Å²) in [6, 6.07) is 14.3. The first kappa shape index (κ1) is 13.0. The van der Waals surface area contributed by atoms with Gasteiger partial charge in [0, 0.05) is 28.0 Å². The van der Waals surface area contributed by atoms with Gasteiger partial charge in [-0.2, -0.15) is 0 Å².